The van der Waals surface area contributed by atoms with Gasteiger partial charge in [0, 0.05) is 11.1 Å². The number of pyridine rings is 1. The average Bonchev–Trinajstić information content (AvgIpc) is 2.95. The largest absolute Gasteiger partial charge is 0.452 e. The van der Waals surface area contributed by atoms with Crippen LogP contribution in [0.1, 0.15) is 15.2 Å². The van der Waals surface area contributed by atoms with Gasteiger partial charge >= 0.3 is 5.97 Å². The topological polar surface area (TPSA) is 68.3 Å². The number of nitrogens with one attached hydrogen (secondary N) is 1. The molecule has 1 amide bonds. The number of aromatic nitrogens is 1. The molecule has 0 unspecified atom stereocenters. The average molecular weight is 311 g/mol. The summed E-state index contributed by atoms with van der Waals surface area (Å²) in [5.41, 5.74) is 0.260. The Morgan fingerprint density at radius 1 is 1.40 bits per heavy atom. The SMILES string of the molecule is O=C(COC(=O)c1ccnc(Cl)c1)NCc1cccs1. The van der Waals surface area contributed by atoms with Gasteiger partial charge < -0.3 is 10.1 Å². The summed E-state index contributed by atoms with van der Waals surface area (Å²) in [5.74, 6) is -0.965. The van der Waals surface area contributed by atoms with E-state index in [2.05, 4.69) is 10.3 Å². The highest BCUT2D eigenvalue weighted by Crippen LogP contribution is 2.09. The Hall–Kier alpha value is -1.92. The zero-order chi connectivity index (χ0) is 14.4. The summed E-state index contributed by atoms with van der Waals surface area (Å²) in [5, 5.41) is 4.78. The number of hydrogen-bond acceptors (Lipinski definition) is 5. The van der Waals surface area contributed by atoms with E-state index in [1.54, 1.807) is 11.3 Å². The van der Waals surface area contributed by atoms with Crippen LogP contribution in [-0.4, -0.2) is 23.5 Å². The number of nitrogens with zero attached hydrogens (tertiary/aromatic N) is 1. The maximum Gasteiger partial charge on any atom is 0.338 e. The van der Waals surface area contributed by atoms with Crippen molar-refractivity contribution in [2.24, 2.45) is 0 Å². The lowest BCUT2D eigenvalue weighted by Crippen LogP contribution is -2.28. The molecule has 104 valence electrons. The van der Waals surface area contributed by atoms with Gasteiger partial charge in [-0.2, -0.15) is 0 Å². The lowest BCUT2D eigenvalue weighted by Gasteiger charge is -2.05. The van der Waals surface area contributed by atoms with Crippen LogP contribution in [0.3, 0.4) is 0 Å². The lowest BCUT2D eigenvalue weighted by molar-refractivity contribution is -0.124. The quantitative estimate of drug-likeness (QED) is 0.679. The van der Waals surface area contributed by atoms with Gasteiger partial charge in [0.05, 0.1) is 12.1 Å². The minimum atomic E-state index is -0.611. The van der Waals surface area contributed by atoms with Gasteiger partial charge in [-0.1, -0.05) is 17.7 Å². The molecule has 0 bridgehead atoms. The first-order chi connectivity index (χ1) is 9.65. The Labute approximate surface area is 124 Å². The van der Waals surface area contributed by atoms with Crippen LogP contribution >= 0.6 is 22.9 Å². The van der Waals surface area contributed by atoms with Gasteiger partial charge in [-0.05, 0) is 23.6 Å². The summed E-state index contributed by atoms with van der Waals surface area (Å²) in [6.07, 6.45) is 1.40. The fourth-order valence-corrected chi connectivity index (χ4v) is 2.21. The van der Waals surface area contributed by atoms with E-state index in [0.29, 0.717) is 6.54 Å². The Morgan fingerprint density at radius 3 is 2.95 bits per heavy atom. The van der Waals surface area contributed by atoms with E-state index in [9.17, 15) is 9.59 Å². The summed E-state index contributed by atoms with van der Waals surface area (Å²) in [6, 6.07) is 6.67. The van der Waals surface area contributed by atoms with E-state index in [0.717, 1.165) is 4.88 Å². The molecular formula is C13H11ClN2O3S. The van der Waals surface area contributed by atoms with Crippen LogP contribution < -0.4 is 5.32 Å². The molecule has 5 nitrogen and oxygen atoms in total. The molecule has 0 saturated heterocycles. The molecule has 0 spiro atoms. The fourth-order valence-electron chi connectivity index (χ4n) is 1.39. The van der Waals surface area contributed by atoms with Crippen molar-refractivity contribution in [3.05, 3.63) is 51.4 Å². The number of carbonyl (C=O) groups excluding carboxylic acids is 2. The molecule has 0 aliphatic heterocycles. The normalized spacial score (nSPS) is 10.1. The van der Waals surface area contributed by atoms with Crippen LogP contribution in [0.4, 0.5) is 0 Å². The highest BCUT2D eigenvalue weighted by molar-refractivity contribution is 7.09. The van der Waals surface area contributed by atoms with Gasteiger partial charge in [0.15, 0.2) is 6.61 Å². The molecule has 1 N–H and O–H groups in total. The molecule has 20 heavy (non-hydrogen) atoms. The second-order valence-electron chi connectivity index (χ2n) is 3.80. The number of amides is 1. The van der Waals surface area contributed by atoms with Crippen molar-refractivity contribution in [1.82, 2.24) is 10.3 Å². The van der Waals surface area contributed by atoms with Crippen molar-refractivity contribution in [3.63, 3.8) is 0 Å². The number of thiophene rings is 1. The number of esters is 1. The molecule has 2 heterocycles. The molecule has 0 saturated carbocycles. The predicted molar refractivity (Wildman–Crippen MR) is 75.7 cm³/mol. The van der Waals surface area contributed by atoms with Crippen LogP contribution in [0.15, 0.2) is 35.8 Å². The molecule has 0 radical (unpaired) electrons. The molecule has 2 rings (SSSR count). The minimum Gasteiger partial charge on any atom is -0.452 e. The van der Waals surface area contributed by atoms with Crippen molar-refractivity contribution < 1.29 is 14.3 Å². The first-order valence-corrected chi connectivity index (χ1v) is 6.98. The van der Waals surface area contributed by atoms with Crippen LogP contribution in [0.5, 0.6) is 0 Å². The first-order valence-electron chi connectivity index (χ1n) is 5.73. The third-order valence-electron chi connectivity index (χ3n) is 2.34. The van der Waals surface area contributed by atoms with Crippen LogP contribution in [-0.2, 0) is 16.1 Å². The fraction of sp³-hybridized carbons (Fsp3) is 0.154. The standard InChI is InChI=1S/C13H11ClN2O3S/c14-11-6-9(3-4-15-11)13(18)19-8-12(17)16-7-10-2-1-5-20-10/h1-6H,7-8H2,(H,16,17). The maximum atomic E-state index is 11.6. The summed E-state index contributed by atoms with van der Waals surface area (Å²) >= 11 is 7.21. The van der Waals surface area contributed by atoms with E-state index < -0.39 is 5.97 Å². The Balaban J connectivity index is 1.77. The molecule has 2 aromatic heterocycles. The van der Waals surface area contributed by atoms with Crippen LogP contribution in [0.2, 0.25) is 5.15 Å². The van der Waals surface area contributed by atoms with Crippen molar-refractivity contribution >= 4 is 34.8 Å². The summed E-state index contributed by atoms with van der Waals surface area (Å²) in [6.45, 7) is 0.0965. The van der Waals surface area contributed by atoms with E-state index in [-0.39, 0.29) is 23.2 Å². The van der Waals surface area contributed by atoms with Gasteiger partial charge in [-0.3, -0.25) is 4.79 Å². The van der Waals surface area contributed by atoms with Gasteiger partial charge in [0.25, 0.3) is 5.91 Å². The van der Waals surface area contributed by atoms with Crippen molar-refractivity contribution in [1.29, 1.82) is 0 Å². The van der Waals surface area contributed by atoms with E-state index in [1.165, 1.54) is 18.3 Å². The third kappa shape index (κ3) is 4.32. The third-order valence-corrected chi connectivity index (χ3v) is 3.42. The molecule has 0 aliphatic carbocycles. The van der Waals surface area contributed by atoms with Gasteiger partial charge in [0.1, 0.15) is 5.15 Å². The number of carbonyl (C=O) groups is 2. The van der Waals surface area contributed by atoms with Crippen molar-refractivity contribution in [2.75, 3.05) is 6.61 Å². The molecule has 0 fully saturated rings. The van der Waals surface area contributed by atoms with Crippen LogP contribution in [0, 0.1) is 0 Å². The minimum absolute atomic E-state index is 0.196. The summed E-state index contributed by atoms with van der Waals surface area (Å²) in [7, 11) is 0. The Morgan fingerprint density at radius 2 is 2.25 bits per heavy atom. The van der Waals surface area contributed by atoms with E-state index in [4.69, 9.17) is 16.3 Å². The van der Waals surface area contributed by atoms with Crippen LogP contribution in [0.25, 0.3) is 0 Å². The number of rotatable bonds is 5. The van der Waals surface area contributed by atoms with Gasteiger partial charge in [-0.15, -0.1) is 11.3 Å². The Kier molecular flexibility index (Phi) is 5.09. The number of halogens is 1. The Bertz CT molecular complexity index is 601. The smallest absolute Gasteiger partial charge is 0.338 e. The zero-order valence-electron chi connectivity index (χ0n) is 10.3. The van der Waals surface area contributed by atoms with Crippen molar-refractivity contribution in [2.45, 2.75) is 6.54 Å². The zero-order valence-corrected chi connectivity index (χ0v) is 11.9. The molecule has 7 heteroatoms. The maximum absolute atomic E-state index is 11.6. The lowest BCUT2D eigenvalue weighted by atomic mass is 10.3. The summed E-state index contributed by atoms with van der Waals surface area (Å²) in [4.78, 5) is 28.0. The highest BCUT2D eigenvalue weighted by Gasteiger charge is 2.10. The van der Waals surface area contributed by atoms with E-state index in [1.807, 2.05) is 17.5 Å². The molecule has 2 aromatic rings. The number of hydrogen-bond donors (Lipinski definition) is 1. The second-order valence-corrected chi connectivity index (χ2v) is 5.22. The molecule has 0 aromatic carbocycles. The summed E-state index contributed by atoms with van der Waals surface area (Å²) < 4.78 is 4.88. The molecule has 0 aliphatic rings. The van der Waals surface area contributed by atoms with Gasteiger partial charge in [-0.25, -0.2) is 9.78 Å². The highest BCUT2D eigenvalue weighted by atomic mass is 35.5. The van der Waals surface area contributed by atoms with Crippen molar-refractivity contribution in [3.8, 4) is 0 Å². The molecule has 0 atom stereocenters. The number of ether oxygens (including phenoxy) is 1. The van der Waals surface area contributed by atoms with Gasteiger partial charge in [0.2, 0.25) is 0 Å². The second kappa shape index (κ2) is 7.02. The van der Waals surface area contributed by atoms with E-state index >= 15 is 0 Å². The monoisotopic (exact) mass is 310 g/mol. The molecular weight excluding hydrogens is 300 g/mol. The first kappa shape index (κ1) is 14.5. The predicted octanol–water partition coefficient (Wildman–Crippen LogP) is 2.27.